The van der Waals surface area contributed by atoms with Gasteiger partial charge in [0.25, 0.3) is 0 Å². The van der Waals surface area contributed by atoms with Crippen LogP contribution >= 0.6 is 0 Å². The van der Waals surface area contributed by atoms with E-state index in [1.165, 1.54) is 0 Å². The minimum Gasteiger partial charge on any atom is -0.496 e. The molecule has 4 nitrogen and oxygen atoms in total. The Balaban J connectivity index is 2.60. The highest BCUT2D eigenvalue weighted by atomic mass is 16.5. The normalized spacial score (nSPS) is 16.4. The molecule has 0 N–H and O–H groups in total. The quantitative estimate of drug-likeness (QED) is 0.782. The smallest absolute Gasteiger partial charge is 0.191 e. The van der Waals surface area contributed by atoms with Gasteiger partial charge in [-0.3, -0.25) is 4.79 Å². The van der Waals surface area contributed by atoms with Gasteiger partial charge < -0.3 is 9.47 Å². The lowest BCUT2D eigenvalue weighted by atomic mass is 9.78. The molecule has 100 valence electrons. The van der Waals surface area contributed by atoms with E-state index in [0.717, 1.165) is 16.7 Å². The van der Waals surface area contributed by atoms with Gasteiger partial charge in [0.2, 0.25) is 0 Å². The Morgan fingerprint density at radius 2 is 2.00 bits per heavy atom. The fourth-order valence-electron chi connectivity index (χ4n) is 2.38. The van der Waals surface area contributed by atoms with Crippen LogP contribution < -0.4 is 4.74 Å². The molecule has 0 bridgehead atoms. The molecule has 2 rings (SSSR count). The highest BCUT2D eigenvalue weighted by Gasteiger charge is 2.48. The highest BCUT2D eigenvalue weighted by Crippen LogP contribution is 2.37. The number of hydrogen-bond acceptors (Lipinski definition) is 4. The van der Waals surface area contributed by atoms with Gasteiger partial charge in [-0.25, -0.2) is 0 Å². The summed E-state index contributed by atoms with van der Waals surface area (Å²) >= 11 is 0. The Hall–Kier alpha value is -1.86. The van der Waals surface area contributed by atoms with Gasteiger partial charge in [0, 0.05) is 0 Å². The third-order valence-corrected chi connectivity index (χ3v) is 3.76. The number of hydrogen-bond donors (Lipinski definition) is 0. The minimum atomic E-state index is -1.04. The van der Waals surface area contributed by atoms with Crippen LogP contribution in [-0.4, -0.2) is 26.1 Å². The van der Waals surface area contributed by atoms with Crippen molar-refractivity contribution < 1.29 is 14.3 Å². The van der Waals surface area contributed by atoms with Crippen molar-refractivity contribution >= 4 is 5.78 Å². The van der Waals surface area contributed by atoms with Gasteiger partial charge in [0.1, 0.15) is 5.75 Å². The maximum Gasteiger partial charge on any atom is 0.191 e. The van der Waals surface area contributed by atoms with E-state index in [1.807, 2.05) is 26.8 Å². The maximum atomic E-state index is 12.7. The Kier molecular flexibility index (Phi) is 3.34. The first-order valence-corrected chi connectivity index (χ1v) is 6.15. The lowest BCUT2D eigenvalue weighted by Crippen LogP contribution is -2.48. The molecule has 0 spiro atoms. The predicted molar refractivity (Wildman–Crippen MR) is 70.4 cm³/mol. The van der Waals surface area contributed by atoms with Crippen LogP contribution in [0.25, 0.3) is 0 Å². The van der Waals surface area contributed by atoms with E-state index >= 15 is 0 Å². The molecule has 1 fully saturated rings. The van der Waals surface area contributed by atoms with Gasteiger partial charge in [-0.2, -0.15) is 5.26 Å². The van der Waals surface area contributed by atoms with Crippen LogP contribution in [0.2, 0.25) is 0 Å². The zero-order chi connectivity index (χ0) is 14.2. The van der Waals surface area contributed by atoms with E-state index in [1.54, 1.807) is 7.11 Å². The number of nitriles is 1. The number of carbonyl (C=O) groups is 1. The van der Waals surface area contributed by atoms with Crippen molar-refractivity contribution in [2.45, 2.75) is 20.8 Å². The summed E-state index contributed by atoms with van der Waals surface area (Å²) in [7, 11) is 1.55. The van der Waals surface area contributed by atoms with Crippen molar-refractivity contribution in [1.82, 2.24) is 0 Å². The molecule has 1 aliphatic heterocycles. The van der Waals surface area contributed by atoms with E-state index in [4.69, 9.17) is 9.47 Å². The molecule has 0 aromatic heterocycles. The van der Waals surface area contributed by atoms with Crippen LogP contribution in [0, 0.1) is 37.5 Å². The number of benzene rings is 1. The summed E-state index contributed by atoms with van der Waals surface area (Å²) in [6.07, 6.45) is 0. The summed E-state index contributed by atoms with van der Waals surface area (Å²) in [6, 6.07) is 4.05. The average molecular weight is 259 g/mol. The zero-order valence-electron chi connectivity index (χ0n) is 11.7. The largest absolute Gasteiger partial charge is 0.496 e. The molecular weight excluding hydrogens is 242 g/mol. The number of rotatable bonds is 3. The van der Waals surface area contributed by atoms with Gasteiger partial charge in [0.05, 0.1) is 32.0 Å². The Labute approximate surface area is 112 Å². The predicted octanol–water partition coefficient (Wildman–Crippen LogP) is 2.34. The lowest BCUT2D eigenvalue weighted by molar-refractivity contribution is -0.0567. The molecule has 1 heterocycles. The van der Waals surface area contributed by atoms with Crippen LogP contribution in [-0.2, 0) is 4.74 Å². The second-order valence-electron chi connectivity index (χ2n) is 5.06. The van der Waals surface area contributed by atoms with Crippen LogP contribution in [0.4, 0.5) is 0 Å². The maximum absolute atomic E-state index is 12.7. The van der Waals surface area contributed by atoms with Gasteiger partial charge in [-0.05, 0) is 37.5 Å². The molecule has 0 radical (unpaired) electrons. The Morgan fingerprint density at radius 1 is 1.37 bits per heavy atom. The molecular formula is C15H17NO3. The number of aryl methyl sites for hydroxylation is 2. The topological polar surface area (TPSA) is 59.3 Å². The monoisotopic (exact) mass is 259 g/mol. The number of Topliss-reactive ketones (excluding diaryl/α,β-unsaturated/α-hetero) is 1. The van der Waals surface area contributed by atoms with E-state index < -0.39 is 5.41 Å². The van der Waals surface area contributed by atoms with E-state index in [2.05, 4.69) is 6.07 Å². The first-order valence-electron chi connectivity index (χ1n) is 6.15. The summed E-state index contributed by atoms with van der Waals surface area (Å²) in [5.41, 5.74) is 2.31. The van der Waals surface area contributed by atoms with Crippen LogP contribution in [0.3, 0.4) is 0 Å². The fourth-order valence-corrected chi connectivity index (χ4v) is 2.38. The second-order valence-corrected chi connectivity index (χ2v) is 5.06. The SMILES string of the molecule is COc1c(C)c(C)cc(C)c1C(=O)C1(C#N)COC1. The molecule has 0 amide bonds. The lowest BCUT2D eigenvalue weighted by Gasteiger charge is -2.34. The standard InChI is InChI=1S/C15H17NO3/c1-9-5-10(2)12(13(18-4)11(9)3)14(17)15(6-16)7-19-8-15/h5H,7-8H2,1-4H3. The Bertz CT molecular complexity index is 580. The molecule has 0 saturated carbocycles. The third-order valence-electron chi connectivity index (χ3n) is 3.76. The van der Waals surface area contributed by atoms with Gasteiger partial charge >= 0.3 is 0 Å². The van der Waals surface area contributed by atoms with E-state index in [-0.39, 0.29) is 19.0 Å². The first-order chi connectivity index (χ1) is 8.96. The summed E-state index contributed by atoms with van der Waals surface area (Å²) in [5, 5.41) is 9.25. The summed E-state index contributed by atoms with van der Waals surface area (Å²) in [6.45, 7) is 6.09. The van der Waals surface area contributed by atoms with Crippen LogP contribution in [0.15, 0.2) is 6.07 Å². The first kappa shape index (κ1) is 13.6. The van der Waals surface area contributed by atoms with Crippen LogP contribution in [0.1, 0.15) is 27.0 Å². The molecule has 19 heavy (non-hydrogen) atoms. The van der Waals surface area contributed by atoms with Crippen molar-refractivity contribution in [2.24, 2.45) is 5.41 Å². The molecule has 1 aromatic carbocycles. The molecule has 4 heteroatoms. The van der Waals surface area contributed by atoms with Gasteiger partial charge in [-0.15, -0.1) is 0 Å². The summed E-state index contributed by atoms with van der Waals surface area (Å²) in [4.78, 5) is 12.7. The minimum absolute atomic E-state index is 0.165. The zero-order valence-corrected chi connectivity index (χ0v) is 11.7. The molecule has 1 aliphatic rings. The van der Waals surface area contributed by atoms with E-state index in [9.17, 15) is 10.1 Å². The number of carbonyl (C=O) groups excluding carboxylic acids is 1. The summed E-state index contributed by atoms with van der Waals surface area (Å²) in [5.74, 6) is 0.378. The van der Waals surface area contributed by atoms with Crippen molar-refractivity contribution in [3.63, 3.8) is 0 Å². The van der Waals surface area contributed by atoms with Gasteiger partial charge in [-0.1, -0.05) is 6.07 Å². The fraction of sp³-hybridized carbons (Fsp3) is 0.467. The second kappa shape index (κ2) is 4.67. The van der Waals surface area contributed by atoms with Gasteiger partial charge in [0.15, 0.2) is 11.2 Å². The number of ketones is 1. The molecule has 1 saturated heterocycles. The van der Waals surface area contributed by atoms with Crippen molar-refractivity contribution in [3.05, 3.63) is 28.3 Å². The third kappa shape index (κ3) is 1.91. The number of methoxy groups -OCH3 is 1. The highest BCUT2D eigenvalue weighted by molar-refractivity contribution is 6.06. The number of nitrogens with zero attached hydrogens (tertiary/aromatic N) is 1. The van der Waals surface area contributed by atoms with Crippen molar-refractivity contribution in [2.75, 3.05) is 20.3 Å². The molecule has 0 aliphatic carbocycles. The van der Waals surface area contributed by atoms with Crippen molar-refractivity contribution in [3.8, 4) is 11.8 Å². The molecule has 1 aromatic rings. The molecule has 0 atom stereocenters. The van der Waals surface area contributed by atoms with E-state index in [0.29, 0.717) is 11.3 Å². The summed E-state index contributed by atoms with van der Waals surface area (Å²) < 4.78 is 10.5. The Morgan fingerprint density at radius 3 is 2.42 bits per heavy atom. The molecule has 0 unspecified atom stereocenters. The average Bonchev–Trinajstić information content (AvgIpc) is 2.32. The van der Waals surface area contributed by atoms with Crippen molar-refractivity contribution in [1.29, 1.82) is 5.26 Å². The van der Waals surface area contributed by atoms with Crippen LogP contribution in [0.5, 0.6) is 5.75 Å². The number of ether oxygens (including phenoxy) is 2.